The van der Waals surface area contributed by atoms with E-state index >= 15 is 0 Å². The average molecular weight is 341 g/mol. The molecule has 0 amide bonds. The van der Waals surface area contributed by atoms with Crippen molar-refractivity contribution in [1.82, 2.24) is 0 Å². The number of hydrogen-bond acceptors (Lipinski definition) is 5. The lowest BCUT2D eigenvalue weighted by Crippen LogP contribution is -2.08. The molecule has 0 radical (unpaired) electrons. The number of ether oxygens (including phenoxy) is 3. The molecule has 1 aliphatic heterocycles. The first-order valence-corrected chi connectivity index (χ1v) is 7.92. The molecular formula is C19H16FNO4. The van der Waals surface area contributed by atoms with Gasteiger partial charge in [-0.1, -0.05) is 0 Å². The predicted octanol–water partition coefficient (Wildman–Crippen LogP) is 3.47. The molecule has 1 atom stereocenters. The van der Waals surface area contributed by atoms with Gasteiger partial charge in [-0.15, -0.1) is 0 Å². The molecule has 0 saturated carbocycles. The molecule has 25 heavy (non-hydrogen) atoms. The van der Waals surface area contributed by atoms with Gasteiger partial charge in [0.2, 0.25) is 0 Å². The maximum Gasteiger partial charge on any atom is 0.343 e. The number of carbonyl (C=O) groups is 1. The van der Waals surface area contributed by atoms with Gasteiger partial charge >= 0.3 is 5.97 Å². The molecule has 0 bridgehead atoms. The Balaban J connectivity index is 1.53. The summed E-state index contributed by atoms with van der Waals surface area (Å²) in [6, 6.07) is 11.9. The Labute approximate surface area is 144 Å². The lowest BCUT2D eigenvalue weighted by molar-refractivity contribution is 0.0734. The van der Waals surface area contributed by atoms with Crippen LogP contribution in [0.15, 0.2) is 42.5 Å². The quantitative estimate of drug-likeness (QED) is 0.334. The summed E-state index contributed by atoms with van der Waals surface area (Å²) in [5.74, 6) is -0.628. The largest absolute Gasteiger partial charge is 0.494 e. The van der Waals surface area contributed by atoms with E-state index in [4.69, 9.17) is 19.5 Å². The second-order valence-electron chi connectivity index (χ2n) is 5.61. The van der Waals surface area contributed by atoms with E-state index in [-0.39, 0.29) is 11.3 Å². The number of epoxide rings is 1. The van der Waals surface area contributed by atoms with Crippen LogP contribution in [0, 0.1) is 17.1 Å². The van der Waals surface area contributed by atoms with E-state index in [1.807, 2.05) is 0 Å². The van der Waals surface area contributed by atoms with Gasteiger partial charge < -0.3 is 14.2 Å². The van der Waals surface area contributed by atoms with Crippen LogP contribution in [0.2, 0.25) is 0 Å². The number of halogens is 1. The molecular weight excluding hydrogens is 325 g/mol. The minimum atomic E-state index is -0.729. The molecule has 1 fully saturated rings. The highest BCUT2D eigenvalue weighted by atomic mass is 19.1. The fourth-order valence-corrected chi connectivity index (χ4v) is 2.24. The summed E-state index contributed by atoms with van der Waals surface area (Å²) in [5, 5.41) is 8.69. The molecule has 128 valence electrons. The van der Waals surface area contributed by atoms with Crippen molar-refractivity contribution in [3.63, 3.8) is 0 Å². The molecule has 1 aliphatic rings. The Bertz CT molecular complexity index is 794. The van der Waals surface area contributed by atoms with Gasteiger partial charge in [0.05, 0.1) is 30.4 Å². The van der Waals surface area contributed by atoms with E-state index in [1.165, 1.54) is 12.1 Å². The van der Waals surface area contributed by atoms with E-state index in [2.05, 4.69) is 0 Å². The number of benzene rings is 2. The van der Waals surface area contributed by atoms with Crippen molar-refractivity contribution < 1.29 is 23.4 Å². The summed E-state index contributed by atoms with van der Waals surface area (Å²) in [6.07, 6.45) is 2.30. The van der Waals surface area contributed by atoms with Gasteiger partial charge in [0, 0.05) is 6.07 Å². The van der Waals surface area contributed by atoms with Crippen LogP contribution in [-0.4, -0.2) is 25.3 Å². The van der Waals surface area contributed by atoms with E-state index in [0.29, 0.717) is 24.0 Å². The molecule has 6 heteroatoms. The fraction of sp³-hybridized carbons (Fsp3) is 0.263. The van der Waals surface area contributed by atoms with Crippen LogP contribution in [0.3, 0.4) is 0 Å². The number of esters is 1. The summed E-state index contributed by atoms with van der Waals surface area (Å²) in [5.41, 5.74) is 0.220. The van der Waals surface area contributed by atoms with Crippen molar-refractivity contribution in [3.8, 4) is 17.6 Å². The summed E-state index contributed by atoms with van der Waals surface area (Å²) in [4.78, 5) is 12.1. The van der Waals surface area contributed by atoms with Crippen LogP contribution >= 0.6 is 0 Å². The van der Waals surface area contributed by atoms with Gasteiger partial charge in [-0.05, 0) is 49.2 Å². The molecule has 1 saturated heterocycles. The summed E-state index contributed by atoms with van der Waals surface area (Å²) >= 11 is 0. The van der Waals surface area contributed by atoms with Crippen LogP contribution < -0.4 is 9.47 Å². The van der Waals surface area contributed by atoms with E-state index < -0.39 is 11.8 Å². The highest BCUT2D eigenvalue weighted by Gasteiger charge is 2.21. The van der Waals surface area contributed by atoms with Gasteiger partial charge in [-0.25, -0.2) is 9.18 Å². The number of nitrogens with zero attached hydrogens (tertiary/aromatic N) is 1. The van der Waals surface area contributed by atoms with Crippen molar-refractivity contribution in [3.05, 3.63) is 59.4 Å². The molecule has 2 aromatic rings. The maximum atomic E-state index is 13.5. The molecule has 5 nitrogen and oxygen atoms in total. The Morgan fingerprint density at radius 3 is 2.60 bits per heavy atom. The molecule has 3 rings (SSSR count). The Hall–Kier alpha value is -2.91. The van der Waals surface area contributed by atoms with Crippen LogP contribution in [0.4, 0.5) is 4.39 Å². The summed E-state index contributed by atoms with van der Waals surface area (Å²) < 4.78 is 29.3. The standard InChI is InChI=1S/C19H16FNO4/c20-18-10-16(8-5-14(18)11-21)25-19(22)13-3-6-15(7-4-13)23-9-1-2-17-12-24-17/h3-8,10,17H,1-2,9,12H2. The van der Waals surface area contributed by atoms with Crippen molar-refractivity contribution in [2.75, 3.05) is 13.2 Å². The van der Waals surface area contributed by atoms with Crippen molar-refractivity contribution in [2.24, 2.45) is 0 Å². The third-order valence-electron chi connectivity index (χ3n) is 3.70. The fourth-order valence-electron chi connectivity index (χ4n) is 2.24. The molecule has 1 unspecified atom stereocenters. The molecule has 1 heterocycles. The zero-order valence-electron chi connectivity index (χ0n) is 13.4. The Kier molecular flexibility index (Phi) is 5.26. The van der Waals surface area contributed by atoms with E-state index in [1.54, 1.807) is 30.3 Å². The number of nitriles is 1. The highest BCUT2D eigenvalue weighted by molar-refractivity contribution is 5.91. The first kappa shape index (κ1) is 16.9. The van der Waals surface area contributed by atoms with Crippen molar-refractivity contribution in [1.29, 1.82) is 5.26 Å². The molecule has 0 spiro atoms. The second-order valence-corrected chi connectivity index (χ2v) is 5.61. The second kappa shape index (κ2) is 7.77. The summed E-state index contributed by atoms with van der Waals surface area (Å²) in [6.45, 7) is 1.44. The van der Waals surface area contributed by atoms with Crippen LogP contribution in [0.5, 0.6) is 11.5 Å². The molecule has 0 N–H and O–H groups in total. The van der Waals surface area contributed by atoms with Gasteiger partial charge in [0.15, 0.2) is 0 Å². The van der Waals surface area contributed by atoms with E-state index in [9.17, 15) is 9.18 Å². The van der Waals surface area contributed by atoms with Gasteiger partial charge in [0.1, 0.15) is 23.4 Å². The SMILES string of the molecule is N#Cc1ccc(OC(=O)c2ccc(OCCCC3CO3)cc2)cc1F. The van der Waals surface area contributed by atoms with Crippen LogP contribution in [-0.2, 0) is 4.74 Å². The predicted molar refractivity (Wildman–Crippen MR) is 87.0 cm³/mol. The van der Waals surface area contributed by atoms with Crippen LogP contribution in [0.25, 0.3) is 0 Å². The first-order chi connectivity index (χ1) is 12.2. The number of hydrogen-bond donors (Lipinski definition) is 0. The number of rotatable bonds is 7. The first-order valence-electron chi connectivity index (χ1n) is 7.92. The average Bonchev–Trinajstić information content (AvgIpc) is 3.44. The smallest absolute Gasteiger partial charge is 0.343 e. The minimum Gasteiger partial charge on any atom is -0.494 e. The van der Waals surface area contributed by atoms with Gasteiger partial charge in [0.25, 0.3) is 0 Å². The number of carbonyl (C=O) groups excluding carboxylic acids is 1. The Morgan fingerprint density at radius 2 is 1.96 bits per heavy atom. The normalized spacial score (nSPS) is 15.3. The third kappa shape index (κ3) is 4.78. The zero-order valence-corrected chi connectivity index (χ0v) is 13.4. The monoisotopic (exact) mass is 341 g/mol. The lowest BCUT2D eigenvalue weighted by atomic mass is 10.2. The zero-order chi connectivity index (χ0) is 17.6. The van der Waals surface area contributed by atoms with Gasteiger partial charge in [-0.3, -0.25) is 0 Å². The lowest BCUT2D eigenvalue weighted by Gasteiger charge is -2.07. The van der Waals surface area contributed by atoms with E-state index in [0.717, 1.165) is 25.5 Å². The Morgan fingerprint density at radius 1 is 1.24 bits per heavy atom. The van der Waals surface area contributed by atoms with Gasteiger partial charge in [-0.2, -0.15) is 5.26 Å². The van der Waals surface area contributed by atoms with Crippen molar-refractivity contribution in [2.45, 2.75) is 18.9 Å². The van der Waals surface area contributed by atoms with Crippen LogP contribution in [0.1, 0.15) is 28.8 Å². The molecule has 2 aromatic carbocycles. The minimum absolute atomic E-state index is 0.0455. The highest BCUT2D eigenvalue weighted by Crippen LogP contribution is 2.19. The maximum absolute atomic E-state index is 13.5. The van der Waals surface area contributed by atoms with Crippen molar-refractivity contribution >= 4 is 5.97 Å². The summed E-state index contributed by atoms with van der Waals surface area (Å²) in [7, 11) is 0. The third-order valence-corrected chi connectivity index (χ3v) is 3.70. The molecule has 0 aromatic heterocycles. The molecule has 0 aliphatic carbocycles. The topological polar surface area (TPSA) is 71.8 Å².